The number of fused-ring (bicyclic) bond motifs is 1. The fraction of sp³-hybridized carbons (Fsp3) is 0.269. The number of thioether (sulfide) groups is 1. The molecule has 0 spiro atoms. The van der Waals surface area contributed by atoms with E-state index in [1.165, 1.54) is 16.5 Å². The standard InChI is InChI=1S/C26H28N2O3S/c1-19-12-14-28(13-5-15-32-23-6-3-2-4-7-23)25(19)17-21(29)18-31-22-9-10-24-20(16-22)8-11-26(30)27-24/h2-4,6-12,14,16,21,29H,5,13,15,17-18H2,1H3,(H,27,30). The number of pyridine rings is 1. The quantitative estimate of drug-likeness (QED) is 0.270. The molecule has 32 heavy (non-hydrogen) atoms. The number of H-pyrrole nitrogens is 1. The van der Waals surface area contributed by atoms with Gasteiger partial charge in [-0.2, -0.15) is 0 Å². The van der Waals surface area contributed by atoms with Gasteiger partial charge in [-0.15, -0.1) is 11.8 Å². The van der Waals surface area contributed by atoms with Crippen molar-refractivity contribution >= 4 is 22.7 Å². The number of hydrogen-bond acceptors (Lipinski definition) is 4. The molecule has 4 rings (SSSR count). The fourth-order valence-electron chi connectivity index (χ4n) is 3.74. The lowest BCUT2D eigenvalue weighted by Gasteiger charge is -2.16. The number of rotatable bonds is 10. The molecule has 4 aromatic rings. The van der Waals surface area contributed by atoms with Crippen LogP contribution in [0.3, 0.4) is 0 Å². The van der Waals surface area contributed by atoms with Crippen molar-refractivity contribution in [3.8, 4) is 5.75 Å². The molecule has 6 heteroatoms. The Balaban J connectivity index is 1.29. The van der Waals surface area contributed by atoms with E-state index in [1.807, 2.05) is 36.0 Å². The molecular formula is C26H28N2O3S. The molecule has 0 saturated carbocycles. The van der Waals surface area contributed by atoms with E-state index in [0.717, 1.165) is 35.3 Å². The molecule has 1 atom stereocenters. The lowest BCUT2D eigenvalue weighted by molar-refractivity contribution is 0.106. The molecule has 2 N–H and O–H groups in total. The Bertz CT molecular complexity index is 1220. The number of aromatic amines is 1. The normalized spacial score (nSPS) is 12.2. The van der Waals surface area contributed by atoms with E-state index in [0.29, 0.717) is 12.2 Å². The molecule has 0 saturated heterocycles. The third-order valence-corrected chi connectivity index (χ3v) is 6.53. The lowest BCUT2D eigenvalue weighted by Crippen LogP contribution is -2.22. The summed E-state index contributed by atoms with van der Waals surface area (Å²) in [7, 11) is 0. The van der Waals surface area contributed by atoms with Crippen LogP contribution in [0.4, 0.5) is 0 Å². The van der Waals surface area contributed by atoms with Gasteiger partial charge < -0.3 is 19.4 Å². The summed E-state index contributed by atoms with van der Waals surface area (Å²) in [6, 6.07) is 21.3. The van der Waals surface area contributed by atoms with Crippen molar-refractivity contribution in [2.45, 2.75) is 37.3 Å². The van der Waals surface area contributed by atoms with Gasteiger partial charge in [-0.1, -0.05) is 18.2 Å². The topological polar surface area (TPSA) is 67.2 Å². The molecule has 0 fully saturated rings. The van der Waals surface area contributed by atoms with Crippen LogP contribution in [0.2, 0.25) is 0 Å². The Hall–Kier alpha value is -2.96. The van der Waals surface area contributed by atoms with Crippen LogP contribution in [0.15, 0.2) is 82.6 Å². The number of nitrogens with one attached hydrogen (secondary N) is 1. The van der Waals surface area contributed by atoms with Crippen molar-refractivity contribution in [3.05, 3.63) is 94.5 Å². The van der Waals surface area contributed by atoms with Crippen molar-refractivity contribution in [3.63, 3.8) is 0 Å². The van der Waals surface area contributed by atoms with Gasteiger partial charge in [-0.05, 0) is 67.1 Å². The summed E-state index contributed by atoms with van der Waals surface area (Å²) < 4.78 is 8.07. The first kappa shape index (κ1) is 22.2. The molecular weight excluding hydrogens is 420 g/mol. The Morgan fingerprint density at radius 3 is 2.78 bits per heavy atom. The van der Waals surface area contributed by atoms with Gasteiger partial charge in [-0.3, -0.25) is 4.79 Å². The zero-order chi connectivity index (χ0) is 22.3. The van der Waals surface area contributed by atoms with Gasteiger partial charge in [-0.25, -0.2) is 0 Å². The highest BCUT2D eigenvalue weighted by atomic mass is 32.2. The number of aryl methyl sites for hydroxylation is 2. The monoisotopic (exact) mass is 448 g/mol. The first-order valence-corrected chi connectivity index (χ1v) is 11.8. The van der Waals surface area contributed by atoms with Crippen LogP contribution < -0.4 is 10.3 Å². The molecule has 166 valence electrons. The summed E-state index contributed by atoms with van der Waals surface area (Å²) in [5, 5.41) is 11.5. The van der Waals surface area contributed by atoms with Gasteiger partial charge in [0.2, 0.25) is 5.56 Å². The van der Waals surface area contributed by atoms with E-state index in [-0.39, 0.29) is 12.2 Å². The first-order chi connectivity index (χ1) is 15.6. The predicted octanol–water partition coefficient (Wildman–Crippen LogP) is 4.80. The van der Waals surface area contributed by atoms with Crippen LogP contribution >= 0.6 is 11.8 Å². The average Bonchev–Trinajstić information content (AvgIpc) is 3.15. The maximum Gasteiger partial charge on any atom is 0.248 e. The van der Waals surface area contributed by atoms with E-state index in [1.54, 1.807) is 6.07 Å². The van der Waals surface area contributed by atoms with Gasteiger partial charge in [0.05, 0.1) is 6.10 Å². The molecule has 0 aliphatic carbocycles. The SMILES string of the molecule is Cc1ccn(CCCSc2ccccc2)c1CC(O)COc1ccc2[nH]c(=O)ccc2c1. The van der Waals surface area contributed by atoms with Gasteiger partial charge in [0.25, 0.3) is 0 Å². The maximum absolute atomic E-state index is 11.4. The molecule has 5 nitrogen and oxygen atoms in total. The second-order valence-corrected chi connectivity index (χ2v) is 9.06. The number of hydrogen-bond donors (Lipinski definition) is 2. The third-order valence-electron chi connectivity index (χ3n) is 5.43. The van der Waals surface area contributed by atoms with Gasteiger partial charge >= 0.3 is 0 Å². The van der Waals surface area contributed by atoms with Crippen molar-refractivity contribution in [2.24, 2.45) is 0 Å². The molecule has 2 heterocycles. The Labute approximate surface area is 192 Å². The third kappa shape index (κ3) is 5.84. The van der Waals surface area contributed by atoms with Crippen LogP contribution in [0.25, 0.3) is 10.9 Å². The Kier molecular flexibility index (Phi) is 7.35. The van der Waals surface area contributed by atoms with Crippen molar-refractivity contribution in [2.75, 3.05) is 12.4 Å². The molecule has 2 aromatic carbocycles. The second kappa shape index (κ2) is 10.6. The molecule has 0 bridgehead atoms. The van der Waals surface area contributed by atoms with Crippen LogP contribution in [0.5, 0.6) is 5.75 Å². The summed E-state index contributed by atoms with van der Waals surface area (Å²) in [6.45, 7) is 3.23. The zero-order valence-corrected chi connectivity index (χ0v) is 19.0. The summed E-state index contributed by atoms with van der Waals surface area (Å²) >= 11 is 1.87. The van der Waals surface area contributed by atoms with Crippen LogP contribution in [-0.4, -0.2) is 33.1 Å². The largest absolute Gasteiger partial charge is 0.491 e. The number of ether oxygens (including phenoxy) is 1. The summed E-state index contributed by atoms with van der Waals surface area (Å²) in [5.41, 5.74) is 2.99. The van der Waals surface area contributed by atoms with Crippen molar-refractivity contribution in [1.82, 2.24) is 9.55 Å². The number of aromatic nitrogens is 2. The number of benzene rings is 2. The number of aliphatic hydroxyl groups excluding tert-OH is 1. The Morgan fingerprint density at radius 1 is 1.09 bits per heavy atom. The number of aliphatic hydroxyl groups is 1. The van der Waals surface area contributed by atoms with E-state index in [9.17, 15) is 9.90 Å². The highest BCUT2D eigenvalue weighted by Crippen LogP contribution is 2.21. The minimum absolute atomic E-state index is 0.126. The Morgan fingerprint density at radius 2 is 1.94 bits per heavy atom. The van der Waals surface area contributed by atoms with Gasteiger partial charge in [0.1, 0.15) is 12.4 Å². The maximum atomic E-state index is 11.4. The van der Waals surface area contributed by atoms with E-state index in [2.05, 4.69) is 53.0 Å². The van der Waals surface area contributed by atoms with Crippen molar-refractivity contribution < 1.29 is 9.84 Å². The van der Waals surface area contributed by atoms with E-state index < -0.39 is 6.10 Å². The molecule has 1 unspecified atom stereocenters. The zero-order valence-electron chi connectivity index (χ0n) is 18.2. The molecule has 0 aliphatic rings. The molecule has 2 aromatic heterocycles. The highest BCUT2D eigenvalue weighted by molar-refractivity contribution is 7.99. The minimum atomic E-state index is -0.604. The summed E-state index contributed by atoms with van der Waals surface area (Å²) in [6.07, 6.45) is 3.11. The average molecular weight is 449 g/mol. The van der Waals surface area contributed by atoms with Crippen LogP contribution in [0, 0.1) is 6.92 Å². The summed E-state index contributed by atoms with van der Waals surface area (Å²) in [4.78, 5) is 15.5. The molecule has 0 amide bonds. The van der Waals surface area contributed by atoms with Crippen LogP contribution in [-0.2, 0) is 13.0 Å². The fourth-order valence-corrected chi connectivity index (χ4v) is 4.60. The van der Waals surface area contributed by atoms with E-state index in [4.69, 9.17) is 4.74 Å². The van der Waals surface area contributed by atoms with Gasteiger partial charge in [0.15, 0.2) is 0 Å². The minimum Gasteiger partial charge on any atom is -0.491 e. The van der Waals surface area contributed by atoms with Gasteiger partial charge in [0, 0.05) is 46.7 Å². The lowest BCUT2D eigenvalue weighted by atomic mass is 10.1. The van der Waals surface area contributed by atoms with Crippen LogP contribution in [0.1, 0.15) is 17.7 Å². The molecule has 0 radical (unpaired) electrons. The molecule has 0 aliphatic heterocycles. The number of nitrogens with zero attached hydrogens (tertiary/aromatic N) is 1. The first-order valence-electron chi connectivity index (χ1n) is 10.8. The van der Waals surface area contributed by atoms with Crippen molar-refractivity contribution in [1.29, 1.82) is 0 Å². The summed E-state index contributed by atoms with van der Waals surface area (Å²) in [5.74, 6) is 1.73. The van der Waals surface area contributed by atoms with E-state index >= 15 is 0 Å². The predicted molar refractivity (Wildman–Crippen MR) is 131 cm³/mol. The highest BCUT2D eigenvalue weighted by Gasteiger charge is 2.13. The second-order valence-electron chi connectivity index (χ2n) is 7.89. The smallest absolute Gasteiger partial charge is 0.248 e.